The molecule has 24 heavy (non-hydrogen) atoms. The summed E-state index contributed by atoms with van der Waals surface area (Å²) >= 11 is 6.98. The average Bonchev–Trinajstić information content (AvgIpc) is 2.56. The molecule has 2 rings (SSSR count). The molecule has 0 saturated heterocycles. The van der Waals surface area contributed by atoms with Crippen LogP contribution in [-0.4, -0.2) is 11.5 Å². The summed E-state index contributed by atoms with van der Waals surface area (Å²) in [5.74, 6) is 0.351. The first-order chi connectivity index (χ1) is 11.6. The fourth-order valence-corrected chi connectivity index (χ4v) is 3.55. The normalized spacial score (nSPS) is 12.5. The third-order valence-corrected chi connectivity index (χ3v) is 5.42. The van der Waals surface area contributed by atoms with E-state index in [2.05, 4.69) is 80.4 Å². The third-order valence-electron chi connectivity index (χ3n) is 3.91. The molecule has 3 nitrogen and oxygen atoms in total. The maximum Gasteiger partial charge on any atom is 0.316 e. The van der Waals surface area contributed by atoms with Crippen LogP contribution >= 0.6 is 40.1 Å². The van der Waals surface area contributed by atoms with Gasteiger partial charge in [0.2, 0.25) is 0 Å². The number of unbranched alkanes of at least 4 members (excludes halogenated alkanes) is 2. The lowest BCUT2D eigenvalue weighted by atomic mass is 9.87. The number of rotatable bonds is 9. The summed E-state index contributed by atoms with van der Waals surface area (Å²) in [5, 5.41) is 0. The minimum absolute atomic E-state index is 0.351. The average molecular weight is 476 g/mol. The molecule has 0 amide bonds. The highest BCUT2D eigenvalue weighted by Gasteiger charge is 2.14. The van der Waals surface area contributed by atoms with Gasteiger partial charge in [-0.2, -0.15) is 0 Å². The number of hydrogen-bond donors (Lipinski definition) is 1. The van der Waals surface area contributed by atoms with E-state index in [0.29, 0.717) is 12.5 Å². The molecule has 0 fully saturated rings. The Hall–Kier alpha value is -0.450. The molecular formula is C18H21Br2O3P. The molecule has 0 heterocycles. The fourth-order valence-electron chi connectivity index (χ4n) is 2.70. The first-order valence-corrected chi connectivity index (χ1v) is 10.8. The van der Waals surface area contributed by atoms with Crippen LogP contribution < -0.4 is 0 Å². The van der Waals surface area contributed by atoms with Crippen molar-refractivity contribution in [1.82, 2.24) is 0 Å². The van der Waals surface area contributed by atoms with Crippen molar-refractivity contribution in [2.24, 2.45) is 0 Å². The number of benzene rings is 2. The van der Waals surface area contributed by atoms with E-state index in [9.17, 15) is 4.57 Å². The van der Waals surface area contributed by atoms with Gasteiger partial charge >= 0.3 is 8.25 Å². The van der Waals surface area contributed by atoms with Crippen molar-refractivity contribution in [2.75, 3.05) is 6.61 Å². The maximum absolute atomic E-state index is 10.5. The van der Waals surface area contributed by atoms with Gasteiger partial charge < -0.3 is 9.42 Å². The summed E-state index contributed by atoms with van der Waals surface area (Å²) in [6.45, 7) is 0.357. The molecule has 0 aliphatic heterocycles. The van der Waals surface area contributed by atoms with E-state index < -0.39 is 8.25 Å². The van der Waals surface area contributed by atoms with Crippen LogP contribution in [-0.2, 0) is 9.09 Å². The van der Waals surface area contributed by atoms with Gasteiger partial charge in [0, 0.05) is 14.9 Å². The lowest BCUT2D eigenvalue weighted by Gasteiger charge is -2.18. The van der Waals surface area contributed by atoms with Crippen LogP contribution in [0.25, 0.3) is 0 Å². The van der Waals surface area contributed by atoms with E-state index in [0.717, 1.165) is 34.6 Å². The Morgan fingerprint density at radius 3 is 1.83 bits per heavy atom. The predicted molar refractivity (Wildman–Crippen MR) is 106 cm³/mol. The van der Waals surface area contributed by atoms with Crippen molar-refractivity contribution in [3.63, 3.8) is 0 Å². The smallest absolute Gasteiger partial charge is 0.316 e. The lowest BCUT2D eigenvalue weighted by Crippen LogP contribution is -2.02. The first-order valence-electron chi connectivity index (χ1n) is 7.93. The third kappa shape index (κ3) is 6.81. The molecular weight excluding hydrogens is 455 g/mol. The Balaban J connectivity index is 1.99. The van der Waals surface area contributed by atoms with E-state index in [-0.39, 0.29) is 0 Å². The molecule has 0 aliphatic rings. The maximum atomic E-state index is 10.5. The minimum Gasteiger partial charge on any atom is -0.326 e. The van der Waals surface area contributed by atoms with Gasteiger partial charge in [0.05, 0.1) is 6.61 Å². The quantitative estimate of drug-likeness (QED) is 0.341. The van der Waals surface area contributed by atoms with Gasteiger partial charge in [-0.1, -0.05) is 69.0 Å². The van der Waals surface area contributed by atoms with Crippen LogP contribution in [0.2, 0.25) is 0 Å². The van der Waals surface area contributed by atoms with Crippen LogP contribution in [0, 0.1) is 0 Å². The SMILES string of the molecule is O=[PH](O)OCCCCCC(c1ccc(Br)cc1)c1ccc(Br)cc1. The standard InChI is InChI=1S/C18H21Br2O3P/c19-16-9-5-14(6-10-16)18(15-7-11-17(20)12-8-15)4-2-1-3-13-23-24(21)22/h5-12,18,24H,1-4,13H2,(H,21,22). The molecule has 0 saturated carbocycles. The van der Waals surface area contributed by atoms with Gasteiger partial charge in [0.25, 0.3) is 0 Å². The molecule has 0 bridgehead atoms. The molecule has 0 spiro atoms. The summed E-state index contributed by atoms with van der Waals surface area (Å²) in [4.78, 5) is 8.66. The molecule has 2 aromatic carbocycles. The Bertz CT molecular complexity index is 599. The van der Waals surface area contributed by atoms with Crippen molar-refractivity contribution in [1.29, 1.82) is 0 Å². The topological polar surface area (TPSA) is 46.5 Å². The van der Waals surface area contributed by atoms with Gasteiger partial charge in [0.1, 0.15) is 0 Å². The second-order valence-corrected chi connectivity index (χ2v) is 8.27. The van der Waals surface area contributed by atoms with Gasteiger partial charge in [-0.25, -0.2) is 0 Å². The van der Waals surface area contributed by atoms with Crippen molar-refractivity contribution < 1.29 is 14.0 Å². The molecule has 0 aromatic heterocycles. The highest BCUT2D eigenvalue weighted by molar-refractivity contribution is 9.10. The summed E-state index contributed by atoms with van der Waals surface area (Å²) in [6.07, 6.45) is 3.88. The Morgan fingerprint density at radius 2 is 1.38 bits per heavy atom. The molecule has 1 unspecified atom stereocenters. The molecule has 130 valence electrons. The fraction of sp³-hybridized carbons (Fsp3) is 0.333. The van der Waals surface area contributed by atoms with E-state index >= 15 is 0 Å². The summed E-state index contributed by atoms with van der Waals surface area (Å²) in [5.41, 5.74) is 2.61. The van der Waals surface area contributed by atoms with Crippen LogP contribution in [0.5, 0.6) is 0 Å². The van der Waals surface area contributed by atoms with Crippen molar-refractivity contribution in [3.05, 3.63) is 68.6 Å². The minimum atomic E-state index is -2.79. The highest BCUT2D eigenvalue weighted by Crippen LogP contribution is 2.31. The van der Waals surface area contributed by atoms with Crippen molar-refractivity contribution in [2.45, 2.75) is 31.6 Å². The van der Waals surface area contributed by atoms with Gasteiger partial charge in [-0.15, -0.1) is 0 Å². The monoisotopic (exact) mass is 474 g/mol. The van der Waals surface area contributed by atoms with Crippen molar-refractivity contribution in [3.8, 4) is 0 Å². The van der Waals surface area contributed by atoms with Gasteiger partial charge in [-0.05, 0) is 48.2 Å². The summed E-state index contributed by atoms with van der Waals surface area (Å²) < 4.78 is 17.4. The van der Waals surface area contributed by atoms with E-state index in [1.807, 2.05) is 0 Å². The Kier molecular flexibility index (Phi) is 8.71. The second-order valence-electron chi connectivity index (χ2n) is 5.62. The van der Waals surface area contributed by atoms with E-state index in [1.165, 1.54) is 11.1 Å². The van der Waals surface area contributed by atoms with Crippen LogP contribution in [0.4, 0.5) is 0 Å². The zero-order chi connectivity index (χ0) is 17.4. The zero-order valence-corrected chi connectivity index (χ0v) is 17.4. The summed E-state index contributed by atoms with van der Waals surface area (Å²) in [6, 6.07) is 17.0. The van der Waals surface area contributed by atoms with Gasteiger partial charge in [0.15, 0.2) is 0 Å². The number of hydrogen-bond acceptors (Lipinski definition) is 2. The molecule has 2 aromatic rings. The lowest BCUT2D eigenvalue weighted by molar-refractivity contribution is 0.273. The Morgan fingerprint density at radius 1 is 0.875 bits per heavy atom. The molecule has 0 aliphatic carbocycles. The highest BCUT2D eigenvalue weighted by atomic mass is 79.9. The van der Waals surface area contributed by atoms with Crippen LogP contribution in [0.3, 0.4) is 0 Å². The molecule has 1 atom stereocenters. The van der Waals surface area contributed by atoms with Crippen LogP contribution in [0.1, 0.15) is 42.7 Å². The van der Waals surface area contributed by atoms with Gasteiger partial charge in [-0.3, -0.25) is 4.57 Å². The molecule has 1 N–H and O–H groups in total. The molecule has 6 heteroatoms. The second kappa shape index (κ2) is 10.5. The molecule has 0 radical (unpaired) electrons. The van der Waals surface area contributed by atoms with Crippen LogP contribution in [0.15, 0.2) is 57.5 Å². The van der Waals surface area contributed by atoms with E-state index in [1.54, 1.807) is 0 Å². The summed E-state index contributed by atoms with van der Waals surface area (Å²) in [7, 11) is -2.79. The van der Waals surface area contributed by atoms with Crippen molar-refractivity contribution >= 4 is 40.1 Å². The zero-order valence-electron chi connectivity index (χ0n) is 13.3. The van der Waals surface area contributed by atoms with E-state index in [4.69, 9.17) is 9.42 Å². The predicted octanol–water partition coefficient (Wildman–Crippen LogP) is 6.30. The Labute approximate surface area is 160 Å². The number of halogens is 2. The largest absolute Gasteiger partial charge is 0.326 e. The first kappa shape index (κ1) is 19.9.